The van der Waals surface area contributed by atoms with E-state index in [0.29, 0.717) is 19.0 Å². The molecule has 0 saturated carbocycles. The fraction of sp³-hybridized carbons (Fsp3) is 0.353. The maximum absolute atomic E-state index is 13.2. The molecule has 2 N–H and O–H groups in total. The highest BCUT2D eigenvalue weighted by Gasteiger charge is 2.33. The molecule has 9 heteroatoms. The van der Waals surface area contributed by atoms with Crippen LogP contribution in [-0.4, -0.2) is 19.6 Å². The Morgan fingerprint density at radius 3 is 2.58 bits per heavy atom. The first kappa shape index (κ1) is 22.6. The Balaban J connectivity index is 0.00000338. The number of rotatable bonds is 6. The lowest BCUT2D eigenvalue weighted by Gasteiger charge is -2.14. The fourth-order valence-corrected chi connectivity index (χ4v) is 2.82. The van der Waals surface area contributed by atoms with Crippen molar-refractivity contribution in [3.05, 3.63) is 51.7 Å². The van der Waals surface area contributed by atoms with E-state index in [1.807, 2.05) is 24.4 Å². The second-order valence-corrected chi connectivity index (χ2v) is 6.18. The molecular weight excluding hydrogens is 478 g/mol. The average molecular weight is 499 g/mol. The molecular formula is C17H21F3IN3OS. The van der Waals surface area contributed by atoms with Crippen LogP contribution >= 0.6 is 35.3 Å². The summed E-state index contributed by atoms with van der Waals surface area (Å²) in [6, 6.07) is 7.82. The number of nitrogens with zero attached hydrogens (tertiary/aromatic N) is 1. The van der Waals surface area contributed by atoms with Crippen molar-refractivity contribution in [3.8, 4) is 5.75 Å². The minimum Gasteiger partial charge on any atom is -0.497 e. The Morgan fingerprint density at radius 2 is 2.00 bits per heavy atom. The van der Waals surface area contributed by atoms with Crippen molar-refractivity contribution >= 4 is 41.3 Å². The molecule has 0 amide bonds. The molecule has 0 aliphatic heterocycles. The van der Waals surface area contributed by atoms with Crippen molar-refractivity contribution in [1.82, 2.24) is 10.6 Å². The van der Waals surface area contributed by atoms with Crippen LogP contribution in [0.1, 0.15) is 22.9 Å². The van der Waals surface area contributed by atoms with Crippen molar-refractivity contribution in [2.24, 2.45) is 4.99 Å². The quantitative estimate of drug-likeness (QED) is 0.346. The van der Waals surface area contributed by atoms with E-state index in [2.05, 4.69) is 15.6 Å². The van der Waals surface area contributed by atoms with E-state index in [-0.39, 0.29) is 41.8 Å². The number of nitrogens with one attached hydrogen (secondary N) is 2. The summed E-state index contributed by atoms with van der Waals surface area (Å²) < 4.78 is 44.6. The van der Waals surface area contributed by atoms with Crippen molar-refractivity contribution in [2.45, 2.75) is 26.2 Å². The predicted octanol–water partition coefficient (Wildman–Crippen LogP) is 4.65. The van der Waals surface area contributed by atoms with Gasteiger partial charge in [0.15, 0.2) is 5.96 Å². The van der Waals surface area contributed by atoms with Gasteiger partial charge in [0.25, 0.3) is 0 Å². The summed E-state index contributed by atoms with van der Waals surface area (Å²) >= 11 is 1.60. The largest absolute Gasteiger partial charge is 0.497 e. The van der Waals surface area contributed by atoms with Gasteiger partial charge in [-0.25, -0.2) is 4.99 Å². The van der Waals surface area contributed by atoms with Crippen LogP contribution in [0.4, 0.5) is 13.2 Å². The zero-order chi connectivity index (χ0) is 18.3. The number of halogens is 4. The van der Waals surface area contributed by atoms with E-state index in [1.54, 1.807) is 11.3 Å². The summed E-state index contributed by atoms with van der Waals surface area (Å²) in [7, 11) is 1.34. The minimum atomic E-state index is -4.46. The topological polar surface area (TPSA) is 45.7 Å². The minimum absolute atomic E-state index is 0. The number of methoxy groups -OCH3 is 1. The normalized spacial score (nSPS) is 11.7. The van der Waals surface area contributed by atoms with Gasteiger partial charge in [0.2, 0.25) is 0 Å². The Hall–Kier alpha value is -1.49. The molecule has 1 aromatic carbocycles. The van der Waals surface area contributed by atoms with Gasteiger partial charge in [-0.1, -0.05) is 12.1 Å². The number of thiophene rings is 1. The van der Waals surface area contributed by atoms with Crippen LogP contribution in [0, 0.1) is 0 Å². The zero-order valence-corrected chi connectivity index (χ0v) is 17.5. The second-order valence-electron chi connectivity index (χ2n) is 5.15. The zero-order valence-electron chi connectivity index (χ0n) is 14.4. The van der Waals surface area contributed by atoms with Gasteiger partial charge in [0.05, 0.1) is 25.8 Å². The summed E-state index contributed by atoms with van der Waals surface area (Å²) in [5, 5.41) is 8.12. The molecule has 4 nitrogen and oxygen atoms in total. The molecule has 0 saturated heterocycles. The molecule has 0 unspecified atom stereocenters. The molecule has 1 heterocycles. The molecule has 144 valence electrons. The lowest BCUT2D eigenvalue weighted by atomic mass is 10.1. The molecule has 0 spiro atoms. The SMILES string of the molecule is CCNC(=NCc1ccc(OC)cc1C(F)(F)F)NCc1cccs1.I. The number of hydrogen-bond acceptors (Lipinski definition) is 3. The first-order valence-electron chi connectivity index (χ1n) is 7.72. The van der Waals surface area contributed by atoms with E-state index in [9.17, 15) is 13.2 Å². The fourth-order valence-electron chi connectivity index (χ4n) is 2.17. The molecule has 2 aromatic rings. The van der Waals surface area contributed by atoms with Crippen LogP contribution < -0.4 is 15.4 Å². The molecule has 2 rings (SSSR count). The number of benzene rings is 1. The average Bonchev–Trinajstić information content (AvgIpc) is 3.10. The van der Waals surface area contributed by atoms with E-state index in [4.69, 9.17) is 4.74 Å². The molecule has 0 radical (unpaired) electrons. The van der Waals surface area contributed by atoms with E-state index in [0.717, 1.165) is 10.9 Å². The van der Waals surface area contributed by atoms with Gasteiger partial charge in [-0.15, -0.1) is 35.3 Å². The second kappa shape index (κ2) is 10.6. The molecule has 0 aliphatic rings. The monoisotopic (exact) mass is 499 g/mol. The maximum Gasteiger partial charge on any atom is 0.416 e. The summed E-state index contributed by atoms with van der Waals surface area (Å²) in [6.45, 7) is 3.00. The predicted molar refractivity (Wildman–Crippen MR) is 109 cm³/mol. The van der Waals surface area contributed by atoms with Crippen LogP contribution in [0.25, 0.3) is 0 Å². The molecule has 0 fully saturated rings. The highest BCUT2D eigenvalue weighted by atomic mass is 127. The van der Waals surface area contributed by atoms with Gasteiger partial charge in [-0.2, -0.15) is 13.2 Å². The van der Waals surface area contributed by atoms with E-state index < -0.39 is 11.7 Å². The molecule has 0 atom stereocenters. The molecule has 0 aliphatic carbocycles. The molecule has 0 bridgehead atoms. The van der Waals surface area contributed by atoms with E-state index in [1.165, 1.54) is 19.2 Å². The Bertz CT molecular complexity index is 706. The van der Waals surface area contributed by atoms with Crippen molar-refractivity contribution in [2.75, 3.05) is 13.7 Å². The first-order valence-corrected chi connectivity index (χ1v) is 8.60. The number of hydrogen-bond donors (Lipinski definition) is 2. The maximum atomic E-state index is 13.2. The van der Waals surface area contributed by atoms with Crippen LogP contribution in [0.5, 0.6) is 5.75 Å². The summed E-state index contributed by atoms with van der Waals surface area (Å²) in [6.07, 6.45) is -4.46. The summed E-state index contributed by atoms with van der Waals surface area (Å²) in [4.78, 5) is 5.39. The summed E-state index contributed by atoms with van der Waals surface area (Å²) in [5.41, 5.74) is -0.633. The van der Waals surface area contributed by atoms with Crippen molar-refractivity contribution < 1.29 is 17.9 Å². The van der Waals surface area contributed by atoms with E-state index >= 15 is 0 Å². The van der Waals surface area contributed by atoms with Crippen molar-refractivity contribution in [1.29, 1.82) is 0 Å². The van der Waals surface area contributed by atoms with Gasteiger partial charge >= 0.3 is 6.18 Å². The van der Waals surface area contributed by atoms with Gasteiger partial charge in [0, 0.05) is 11.4 Å². The van der Waals surface area contributed by atoms with Crippen LogP contribution in [0.3, 0.4) is 0 Å². The van der Waals surface area contributed by atoms with Gasteiger partial charge in [-0.05, 0) is 36.1 Å². The number of alkyl halides is 3. The Labute approximate surface area is 171 Å². The van der Waals surface area contributed by atoms with Crippen LogP contribution in [0.2, 0.25) is 0 Å². The third-order valence-corrected chi connectivity index (χ3v) is 4.26. The first-order chi connectivity index (χ1) is 11.9. The van der Waals surface area contributed by atoms with Gasteiger partial charge in [0.1, 0.15) is 5.75 Å². The third-order valence-electron chi connectivity index (χ3n) is 3.38. The highest BCUT2D eigenvalue weighted by Crippen LogP contribution is 2.34. The lowest BCUT2D eigenvalue weighted by Crippen LogP contribution is -2.36. The highest BCUT2D eigenvalue weighted by molar-refractivity contribution is 14.0. The lowest BCUT2D eigenvalue weighted by molar-refractivity contribution is -0.138. The van der Waals surface area contributed by atoms with Gasteiger partial charge < -0.3 is 15.4 Å². The number of guanidine groups is 1. The Kier molecular flexibility index (Phi) is 9.20. The van der Waals surface area contributed by atoms with Gasteiger partial charge in [-0.3, -0.25) is 0 Å². The third kappa shape index (κ3) is 6.67. The standard InChI is InChI=1S/C17H20F3N3OS.HI/c1-3-21-16(23-11-14-5-4-8-25-14)22-10-12-6-7-13(24-2)9-15(12)17(18,19)20;/h4-9H,3,10-11H2,1-2H3,(H2,21,22,23);1H. The smallest absolute Gasteiger partial charge is 0.416 e. The Morgan fingerprint density at radius 1 is 1.23 bits per heavy atom. The number of aliphatic imine (C=N–C) groups is 1. The number of ether oxygens (including phenoxy) is 1. The summed E-state index contributed by atoms with van der Waals surface area (Å²) in [5.74, 6) is 0.641. The van der Waals surface area contributed by atoms with Crippen molar-refractivity contribution in [3.63, 3.8) is 0 Å². The molecule has 26 heavy (non-hydrogen) atoms. The molecule has 1 aromatic heterocycles. The van der Waals surface area contributed by atoms with Crippen LogP contribution in [0.15, 0.2) is 40.7 Å². The van der Waals surface area contributed by atoms with Crippen LogP contribution in [-0.2, 0) is 19.3 Å².